The zero-order valence-electron chi connectivity index (χ0n) is 37.6. The SMILES string of the molecule is C=CCOC(=O)/C=C/CC[C@H](C)[C@H](OC(=O)Nc1ccc(OC)cc1)c1ccc(OCCO[Si](CCC(F)(F)C(F)(F)C(F)(F)C(F)(F)C(F)(F)C(F)(F)C(F)(F)C(F)(F)F)(C(C)C)C(C)C)cc1. The molecule has 0 radical (unpaired) electrons. The van der Waals surface area contributed by atoms with Gasteiger partial charge in [0.2, 0.25) is 0 Å². The number of benzene rings is 2. The van der Waals surface area contributed by atoms with E-state index in [0.717, 1.165) is 0 Å². The van der Waals surface area contributed by atoms with Crippen LogP contribution in [0.5, 0.6) is 11.5 Å². The highest BCUT2D eigenvalue weighted by Crippen LogP contribution is 2.64. The maximum atomic E-state index is 15.0. The average molecular weight is 1040 g/mol. The number of ether oxygens (including phenoxy) is 4. The summed E-state index contributed by atoms with van der Waals surface area (Å²) in [5, 5.41) is 2.60. The molecular weight excluding hydrogens is 994 g/mol. The summed E-state index contributed by atoms with van der Waals surface area (Å²) in [6.45, 7) is 9.54. The summed E-state index contributed by atoms with van der Waals surface area (Å²) in [6, 6.07) is 10.9. The van der Waals surface area contributed by atoms with Crippen molar-refractivity contribution in [1.29, 1.82) is 0 Å². The van der Waals surface area contributed by atoms with Crippen molar-refractivity contribution < 1.29 is 108 Å². The Hall–Kier alpha value is -4.75. The molecular formula is C43H50F17NO7Si. The second-order valence-corrected chi connectivity index (χ2v) is 21.2. The lowest BCUT2D eigenvalue weighted by molar-refractivity contribution is -0.461. The minimum atomic E-state index is -8.70. The summed E-state index contributed by atoms with van der Waals surface area (Å²) in [5.74, 6) is -57.2. The number of halogens is 17. The van der Waals surface area contributed by atoms with Gasteiger partial charge in [0, 0.05) is 18.2 Å². The van der Waals surface area contributed by atoms with E-state index in [4.69, 9.17) is 23.4 Å². The van der Waals surface area contributed by atoms with Crippen LogP contribution >= 0.6 is 0 Å². The summed E-state index contributed by atoms with van der Waals surface area (Å²) in [5.41, 5.74) is -0.959. The summed E-state index contributed by atoms with van der Waals surface area (Å²) >= 11 is 0. The number of methoxy groups -OCH3 is 1. The van der Waals surface area contributed by atoms with E-state index in [-0.39, 0.29) is 18.3 Å². The van der Waals surface area contributed by atoms with Crippen LogP contribution in [0.2, 0.25) is 17.1 Å². The smallest absolute Gasteiger partial charge is 0.460 e. The normalized spacial score (nSPS) is 14.7. The second-order valence-electron chi connectivity index (χ2n) is 16.2. The van der Waals surface area contributed by atoms with Gasteiger partial charge < -0.3 is 23.4 Å². The fourth-order valence-electron chi connectivity index (χ4n) is 6.83. The molecule has 2 aromatic rings. The van der Waals surface area contributed by atoms with Gasteiger partial charge in [-0.05, 0) is 77.8 Å². The van der Waals surface area contributed by atoms with Crippen LogP contribution in [0.15, 0.2) is 73.3 Å². The van der Waals surface area contributed by atoms with Gasteiger partial charge in [-0.1, -0.05) is 65.5 Å². The van der Waals surface area contributed by atoms with Gasteiger partial charge in [0.15, 0.2) is 8.32 Å². The van der Waals surface area contributed by atoms with Crippen molar-refractivity contribution in [2.24, 2.45) is 5.92 Å². The van der Waals surface area contributed by atoms with Gasteiger partial charge in [0.05, 0.1) is 13.7 Å². The molecule has 0 spiro atoms. The van der Waals surface area contributed by atoms with E-state index in [9.17, 15) is 75.4 Å². The number of esters is 1. The summed E-state index contributed by atoms with van der Waals surface area (Å²) in [4.78, 5) is 24.8. The van der Waals surface area contributed by atoms with Crippen molar-refractivity contribution in [2.75, 3.05) is 32.2 Å². The van der Waals surface area contributed by atoms with Crippen LogP contribution < -0.4 is 14.8 Å². The molecule has 0 saturated carbocycles. The van der Waals surface area contributed by atoms with E-state index < -0.39 is 111 Å². The Morgan fingerprint density at radius 2 is 1.17 bits per heavy atom. The third kappa shape index (κ3) is 13.2. The van der Waals surface area contributed by atoms with E-state index in [2.05, 4.69) is 11.9 Å². The first-order chi connectivity index (χ1) is 31.5. The first kappa shape index (κ1) is 60.4. The molecule has 0 aromatic heterocycles. The lowest BCUT2D eigenvalue weighted by Crippen LogP contribution is -2.74. The molecule has 26 heteroatoms. The molecule has 1 amide bonds. The van der Waals surface area contributed by atoms with Gasteiger partial charge in [-0.25, -0.2) is 9.59 Å². The predicted molar refractivity (Wildman–Crippen MR) is 218 cm³/mol. The molecule has 0 aliphatic rings. The molecule has 8 nitrogen and oxygen atoms in total. The Bertz CT molecular complexity index is 2010. The van der Waals surface area contributed by atoms with E-state index in [1.165, 1.54) is 71.2 Å². The summed E-state index contributed by atoms with van der Waals surface area (Å²) < 4.78 is 264. The van der Waals surface area contributed by atoms with E-state index in [1.807, 2.05) is 0 Å². The first-order valence-corrected chi connectivity index (χ1v) is 22.9. The minimum Gasteiger partial charge on any atom is -0.497 e. The first-order valence-electron chi connectivity index (χ1n) is 20.6. The maximum absolute atomic E-state index is 15.0. The molecule has 2 aromatic carbocycles. The van der Waals surface area contributed by atoms with Crippen LogP contribution in [-0.4, -0.2) is 94.9 Å². The summed E-state index contributed by atoms with van der Waals surface area (Å²) in [6.07, 6.45) is -7.25. The van der Waals surface area contributed by atoms with Crippen molar-refractivity contribution in [3.8, 4) is 11.5 Å². The molecule has 0 saturated heterocycles. The van der Waals surface area contributed by atoms with E-state index in [0.29, 0.717) is 29.8 Å². The molecule has 0 aliphatic carbocycles. The Balaban J connectivity index is 2.29. The van der Waals surface area contributed by atoms with E-state index in [1.54, 1.807) is 37.3 Å². The molecule has 392 valence electrons. The molecule has 0 aliphatic heterocycles. The monoisotopic (exact) mass is 1040 g/mol. The zero-order chi connectivity index (χ0) is 53.2. The highest BCUT2D eigenvalue weighted by molar-refractivity contribution is 6.76. The number of alkyl halides is 17. The van der Waals surface area contributed by atoms with Crippen LogP contribution in [0, 0.1) is 5.92 Å². The number of hydrogen-bond acceptors (Lipinski definition) is 7. The molecule has 1 N–H and O–H groups in total. The van der Waals surface area contributed by atoms with Gasteiger partial charge in [-0.2, -0.15) is 74.6 Å². The van der Waals surface area contributed by atoms with Crippen molar-refractivity contribution in [3.05, 3.63) is 78.9 Å². The number of amides is 1. The molecule has 2 rings (SSSR count). The Morgan fingerprint density at radius 1 is 0.681 bits per heavy atom. The third-order valence-corrected chi connectivity index (χ3v) is 16.7. The van der Waals surface area contributed by atoms with Crippen LogP contribution in [0.3, 0.4) is 0 Å². The highest BCUT2D eigenvalue weighted by Gasteiger charge is 2.95. The van der Waals surface area contributed by atoms with Crippen LogP contribution in [-0.2, 0) is 18.7 Å². The number of allylic oxidation sites excluding steroid dienone is 1. The number of rotatable bonds is 27. The van der Waals surface area contributed by atoms with Crippen molar-refractivity contribution in [2.45, 2.75) is 125 Å². The summed E-state index contributed by atoms with van der Waals surface area (Å²) in [7, 11) is -2.57. The van der Waals surface area contributed by atoms with Crippen LogP contribution in [0.25, 0.3) is 0 Å². The fourth-order valence-corrected chi connectivity index (χ4v) is 11.3. The number of carbonyl (C=O) groups is 2. The topological polar surface area (TPSA) is 92.3 Å². The second kappa shape index (κ2) is 23.0. The van der Waals surface area contributed by atoms with Crippen LogP contribution in [0.1, 0.15) is 65.5 Å². The quantitative estimate of drug-likeness (QED) is 0.0238. The number of anilines is 1. The average Bonchev–Trinajstić information content (AvgIpc) is 3.25. The van der Waals surface area contributed by atoms with E-state index >= 15 is 8.78 Å². The van der Waals surface area contributed by atoms with Crippen molar-refractivity contribution in [3.63, 3.8) is 0 Å². The largest absolute Gasteiger partial charge is 0.497 e. The molecule has 0 unspecified atom stereocenters. The minimum absolute atomic E-state index is 0.00235. The number of nitrogens with one attached hydrogen (secondary N) is 1. The van der Waals surface area contributed by atoms with Gasteiger partial charge in [0.1, 0.15) is 30.8 Å². The lowest BCUT2D eigenvalue weighted by atomic mass is 9.88. The van der Waals surface area contributed by atoms with Crippen LogP contribution in [0.4, 0.5) is 85.1 Å². The predicted octanol–water partition coefficient (Wildman–Crippen LogP) is 14.2. The Labute approximate surface area is 386 Å². The standard InChI is InChI=1S/C43H50F17NO7Si/c1-8-22-66-33(62)12-10-9-11-28(6)34(68-35(63)61-30-15-19-31(64-7)20-16-30)29-13-17-32(18-14-29)65-23-24-67-69(26(2)3,27(4)5)25-21-36(44,45)37(46,47)38(48,49)39(50,51)40(52,53)41(54,55)42(56,57)43(58,59)60/h8,10,12-20,26-28,34H,1,9,11,21-25H2,2-7H3,(H,61,63)/b12-10+/t28-,34-/m0/s1. The van der Waals surface area contributed by atoms with Gasteiger partial charge in [-0.15, -0.1) is 0 Å². The van der Waals surface area contributed by atoms with Crippen molar-refractivity contribution in [1.82, 2.24) is 0 Å². The molecule has 2 atom stereocenters. The Morgan fingerprint density at radius 3 is 1.65 bits per heavy atom. The number of carbonyl (C=O) groups excluding carboxylic acids is 2. The highest BCUT2D eigenvalue weighted by atomic mass is 28.4. The lowest BCUT2D eigenvalue weighted by Gasteiger charge is -2.44. The maximum Gasteiger partial charge on any atom is 0.460 e. The third-order valence-electron chi connectivity index (χ3n) is 11.0. The Kier molecular flexibility index (Phi) is 20.1. The molecule has 0 bridgehead atoms. The molecule has 0 heterocycles. The molecule has 69 heavy (non-hydrogen) atoms. The zero-order valence-corrected chi connectivity index (χ0v) is 38.6. The van der Waals surface area contributed by atoms with Crippen molar-refractivity contribution >= 4 is 26.1 Å². The molecule has 0 fully saturated rings. The van der Waals surface area contributed by atoms with Gasteiger partial charge in [0.25, 0.3) is 0 Å². The van der Waals surface area contributed by atoms with Gasteiger partial charge in [-0.3, -0.25) is 5.32 Å². The number of hydrogen-bond donors (Lipinski definition) is 1. The fraction of sp³-hybridized carbons (Fsp3) is 0.581. The van der Waals surface area contributed by atoms with Gasteiger partial charge >= 0.3 is 59.7 Å².